The van der Waals surface area contributed by atoms with Gasteiger partial charge in [-0.05, 0) is 23.6 Å². The van der Waals surface area contributed by atoms with Gasteiger partial charge in [0.1, 0.15) is 0 Å². The molecule has 3 aromatic heterocycles. The molecule has 1 aromatic carbocycles. The van der Waals surface area contributed by atoms with Gasteiger partial charge in [-0.2, -0.15) is 0 Å². The number of anilines is 1. The van der Waals surface area contributed by atoms with E-state index in [0.29, 0.717) is 23.8 Å². The number of ether oxygens (including phenoxy) is 3. The summed E-state index contributed by atoms with van der Waals surface area (Å²) in [6.45, 7) is 0.705. The number of aromatic nitrogens is 3. The van der Waals surface area contributed by atoms with Crippen molar-refractivity contribution in [3.8, 4) is 28.5 Å². The van der Waals surface area contributed by atoms with Crippen molar-refractivity contribution in [2.45, 2.75) is 6.54 Å². The van der Waals surface area contributed by atoms with Crippen molar-refractivity contribution in [3.63, 3.8) is 0 Å². The van der Waals surface area contributed by atoms with Crippen LogP contribution in [0.25, 0.3) is 16.9 Å². The second-order valence-electron chi connectivity index (χ2n) is 5.96. The number of imidazole rings is 1. The molecule has 0 radical (unpaired) electrons. The normalized spacial score (nSPS) is 10.8. The van der Waals surface area contributed by atoms with Crippen LogP contribution < -0.4 is 19.5 Å². The molecule has 0 unspecified atom stereocenters. The average molecular weight is 396 g/mol. The van der Waals surface area contributed by atoms with Gasteiger partial charge in [0.15, 0.2) is 23.0 Å². The maximum atomic E-state index is 5.47. The minimum absolute atomic E-state index is 0.558. The van der Waals surface area contributed by atoms with Crippen molar-refractivity contribution in [1.82, 2.24) is 14.4 Å². The second kappa shape index (κ2) is 7.77. The Morgan fingerprint density at radius 2 is 1.86 bits per heavy atom. The standard InChI is InChI=1S/C20H20N4O3S/c1-25-16-9-13(10-17(26-2)18(16)27-3)15-12-23-20-19(21-6-7-24(15)20)22-11-14-5-4-8-28-14/h4-10,12H,11H2,1-3H3,(H,21,22). The van der Waals surface area contributed by atoms with E-state index in [-0.39, 0.29) is 0 Å². The van der Waals surface area contributed by atoms with Gasteiger partial charge in [0.05, 0.1) is 39.8 Å². The summed E-state index contributed by atoms with van der Waals surface area (Å²) in [5.41, 5.74) is 2.55. The van der Waals surface area contributed by atoms with Crippen LogP contribution in [0.15, 0.2) is 48.2 Å². The van der Waals surface area contributed by atoms with Gasteiger partial charge in [-0.3, -0.25) is 4.40 Å². The molecule has 0 aliphatic carbocycles. The van der Waals surface area contributed by atoms with E-state index in [1.165, 1.54) is 4.88 Å². The van der Waals surface area contributed by atoms with Crippen LogP contribution in [-0.2, 0) is 6.54 Å². The van der Waals surface area contributed by atoms with E-state index in [2.05, 4.69) is 26.7 Å². The lowest BCUT2D eigenvalue weighted by atomic mass is 10.1. The summed E-state index contributed by atoms with van der Waals surface area (Å²) < 4.78 is 18.4. The summed E-state index contributed by atoms with van der Waals surface area (Å²) in [6, 6.07) is 7.94. The van der Waals surface area contributed by atoms with Crippen molar-refractivity contribution in [2.24, 2.45) is 0 Å². The zero-order valence-electron chi connectivity index (χ0n) is 15.8. The van der Waals surface area contributed by atoms with Crippen molar-refractivity contribution in [1.29, 1.82) is 0 Å². The lowest BCUT2D eigenvalue weighted by molar-refractivity contribution is 0.324. The number of hydrogen-bond acceptors (Lipinski definition) is 7. The highest BCUT2D eigenvalue weighted by Crippen LogP contribution is 2.41. The van der Waals surface area contributed by atoms with Gasteiger partial charge < -0.3 is 19.5 Å². The van der Waals surface area contributed by atoms with Gasteiger partial charge in [-0.15, -0.1) is 11.3 Å². The van der Waals surface area contributed by atoms with Gasteiger partial charge in [0, 0.05) is 22.8 Å². The van der Waals surface area contributed by atoms with Crippen molar-refractivity contribution in [2.75, 3.05) is 26.6 Å². The summed E-state index contributed by atoms with van der Waals surface area (Å²) in [5, 5.41) is 5.42. The molecule has 0 amide bonds. The van der Waals surface area contributed by atoms with Crippen LogP contribution in [0.4, 0.5) is 5.82 Å². The molecule has 0 atom stereocenters. The van der Waals surface area contributed by atoms with Gasteiger partial charge in [-0.25, -0.2) is 9.97 Å². The van der Waals surface area contributed by atoms with Crippen LogP contribution >= 0.6 is 11.3 Å². The molecule has 0 fully saturated rings. The number of nitrogens with zero attached hydrogens (tertiary/aromatic N) is 3. The molecule has 0 aliphatic rings. The van der Waals surface area contributed by atoms with E-state index in [0.717, 1.165) is 22.7 Å². The SMILES string of the molecule is COc1cc(-c2cnc3c(NCc4cccs4)nccn23)cc(OC)c1OC. The minimum atomic E-state index is 0.558. The lowest BCUT2D eigenvalue weighted by Gasteiger charge is -2.14. The first kappa shape index (κ1) is 18.1. The third kappa shape index (κ3) is 3.22. The Morgan fingerprint density at radius 1 is 1.07 bits per heavy atom. The molecular formula is C20H20N4O3S. The Kier molecular flexibility index (Phi) is 5.03. The summed E-state index contributed by atoms with van der Waals surface area (Å²) in [7, 11) is 4.80. The lowest BCUT2D eigenvalue weighted by Crippen LogP contribution is -2.03. The summed E-state index contributed by atoms with van der Waals surface area (Å²) in [6.07, 6.45) is 5.46. The van der Waals surface area contributed by atoms with Crippen LogP contribution in [0.1, 0.15) is 4.88 Å². The Bertz CT molecular complexity index is 1070. The minimum Gasteiger partial charge on any atom is -0.493 e. The summed E-state index contributed by atoms with van der Waals surface area (Å²) in [4.78, 5) is 10.3. The quantitative estimate of drug-likeness (QED) is 0.507. The largest absolute Gasteiger partial charge is 0.493 e. The van der Waals surface area contributed by atoms with Crippen molar-refractivity contribution >= 4 is 22.8 Å². The monoisotopic (exact) mass is 396 g/mol. The topological polar surface area (TPSA) is 69.9 Å². The van der Waals surface area contributed by atoms with Crippen LogP contribution in [-0.4, -0.2) is 35.7 Å². The van der Waals surface area contributed by atoms with E-state index in [1.54, 1.807) is 38.9 Å². The highest BCUT2D eigenvalue weighted by molar-refractivity contribution is 7.09. The molecular weight excluding hydrogens is 376 g/mol. The van der Waals surface area contributed by atoms with E-state index < -0.39 is 0 Å². The number of thiophene rings is 1. The Labute approximate surface area is 166 Å². The van der Waals surface area contributed by atoms with Crippen LogP contribution in [0.5, 0.6) is 17.2 Å². The van der Waals surface area contributed by atoms with Crippen LogP contribution in [0.3, 0.4) is 0 Å². The molecule has 0 saturated carbocycles. The predicted molar refractivity (Wildman–Crippen MR) is 110 cm³/mol. The molecule has 1 N–H and O–H groups in total. The number of fused-ring (bicyclic) bond motifs is 1. The van der Waals surface area contributed by atoms with Gasteiger partial charge in [0.25, 0.3) is 0 Å². The molecule has 144 valence electrons. The zero-order chi connectivity index (χ0) is 19.5. The Morgan fingerprint density at radius 3 is 2.50 bits per heavy atom. The fraction of sp³-hybridized carbons (Fsp3) is 0.200. The fourth-order valence-corrected chi connectivity index (χ4v) is 3.72. The second-order valence-corrected chi connectivity index (χ2v) is 6.99. The van der Waals surface area contributed by atoms with E-state index in [1.807, 2.05) is 35.0 Å². The average Bonchev–Trinajstić information content (AvgIpc) is 3.41. The number of hydrogen-bond donors (Lipinski definition) is 1. The molecule has 0 aliphatic heterocycles. The number of benzene rings is 1. The van der Waals surface area contributed by atoms with E-state index >= 15 is 0 Å². The highest BCUT2D eigenvalue weighted by Gasteiger charge is 2.17. The molecule has 7 nitrogen and oxygen atoms in total. The number of nitrogens with one attached hydrogen (secondary N) is 1. The highest BCUT2D eigenvalue weighted by atomic mass is 32.1. The Balaban J connectivity index is 1.75. The molecule has 8 heteroatoms. The maximum absolute atomic E-state index is 5.47. The van der Waals surface area contributed by atoms with Gasteiger partial charge in [0.2, 0.25) is 5.75 Å². The van der Waals surface area contributed by atoms with Crippen molar-refractivity contribution in [3.05, 3.63) is 53.1 Å². The fourth-order valence-electron chi connectivity index (χ4n) is 3.07. The number of methoxy groups -OCH3 is 3. The molecule has 4 rings (SSSR count). The first-order valence-corrected chi connectivity index (χ1v) is 9.51. The predicted octanol–water partition coefficient (Wildman–Crippen LogP) is 4.10. The summed E-state index contributed by atoms with van der Waals surface area (Å²) in [5.74, 6) is 2.48. The third-order valence-electron chi connectivity index (χ3n) is 4.40. The molecule has 28 heavy (non-hydrogen) atoms. The molecule has 0 bridgehead atoms. The summed E-state index contributed by atoms with van der Waals surface area (Å²) >= 11 is 1.70. The first-order chi connectivity index (χ1) is 13.7. The maximum Gasteiger partial charge on any atom is 0.203 e. The third-order valence-corrected chi connectivity index (χ3v) is 5.28. The van der Waals surface area contributed by atoms with Crippen molar-refractivity contribution < 1.29 is 14.2 Å². The van der Waals surface area contributed by atoms with E-state index in [4.69, 9.17) is 14.2 Å². The number of rotatable bonds is 7. The molecule has 0 spiro atoms. The molecule has 3 heterocycles. The molecule has 0 saturated heterocycles. The first-order valence-electron chi connectivity index (χ1n) is 8.64. The Hall–Kier alpha value is -3.26. The van der Waals surface area contributed by atoms with E-state index in [9.17, 15) is 0 Å². The van der Waals surface area contributed by atoms with Gasteiger partial charge >= 0.3 is 0 Å². The van der Waals surface area contributed by atoms with Crippen LogP contribution in [0.2, 0.25) is 0 Å². The van der Waals surface area contributed by atoms with Crippen LogP contribution in [0, 0.1) is 0 Å². The smallest absolute Gasteiger partial charge is 0.203 e. The van der Waals surface area contributed by atoms with Gasteiger partial charge in [-0.1, -0.05) is 6.07 Å². The molecule has 4 aromatic rings. The zero-order valence-corrected chi connectivity index (χ0v) is 16.6.